The molecule has 1 rings (SSSR count). The largest absolute Gasteiger partial charge is 0.351 e. The maximum Gasteiger partial charge on any atom is 0.351 e. The summed E-state index contributed by atoms with van der Waals surface area (Å²) in [5.41, 5.74) is 0. The molecule has 5 heteroatoms. The predicted molar refractivity (Wildman–Crippen MR) is 41.1 cm³/mol. The van der Waals surface area contributed by atoms with E-state index in [0.29, 0.717) is 6.61 Å². The van der Waals surface area contributed by atoms with Gasteiger partial charge in [0.25, 0.3) is 5.91 Å². The first kappa shape index (κ1) is 8.99. The second-order valence-corrected chi connectivity index (χ2v) is 2.62. The van der Waals surface area contributed by atoms with Gasteiger partial charge in [0.1, 0.15) is 6.04 Å². The number of carbonyl (C=O) groups excluding carboxylic acids is 2. The van der Waals surface area contributed by atoms with Gasteiger partial charge in [-0.25, -0.2) is 4.79 Å². The second kappa shape index (κ2) is 3.10. The Morgan fingerprint density at radius 2 is 2.08 bits per heavy atom. The van der Waals surface area contributed by atoms with Gasteiger partial charge in [0, 0.05) is 7.05 Å². The first-order valence-electron chi connectivity index (χ1n) is 3.83. The van der Waals surface area contributed by atoms with Crippen molar-refractivity contribution in [3.05, 3.63) is 0 Å². The van der Waals surface area contributed by atoms with Gasteiger partial charge in [-0.1, -0.05) is 0 Å². The molecule has 1 heterocycles. The zero-order valence-corrected chi connectivity index (χ0v) is 7.40. The third-order valence-electron chi connectivity index (χ3n) is 1.87. The van der Waals surface area contributed by atoms with Crippen molar-refractivity contribution in [2.24, 2.45) is 0 Å². The third-order valence-corrected chi connectivity index (χ3v) is 1.87. The molecule has 1 unspecified atom stereocenters. The van der Waals surface area contributed by atoms with Gasteiger partial charge in [-0.15, -0.1) is 5.06 Å². The van der Waals surface area contributed by atoms with Gasteiger partial charge in [-0.3, -0.25) is 9.63 Å². The Labute approximate surface area is 70.8 Å². The Hall–Kier alpha value is -1.10. The fourth-order valence-electron chi connectivity index (χ4n) is 0.986. The molecule has 68 valence electrons. The lowest BCUT2D eigenvalue weighted by atomic mass is 10.3. The summed E-state index contributed by atoms with van der Waals surface area (Å²) in [5.74, 6) is -0.302. The van der Waals surface area contributed by atoms with Crippen LogP contribution in [-0.4, -0.2) is 41.6 Å². The highest BCUT2D eigenvalue weighted by atomic mass is 16.7. The fraction of sp³-hybridized carbons (Fsp3) is 0.714. The van der Waals surface area contributed by atoms with E-state index in [4.69, 9.17) is 4.84 Å². The van der Waals surface area contributed by atoms with Crippen LogP contribution < -0.4 is 0 Å². The summed E-state index contributed by atoms with van der Waals surface area (Å²) in [6.07, 6.45) is 0. The molecule has 0 aromatic heterocycles. The highest BCUT2D eigenvalue weighted by molar-refractivity contribution is 6.02. The molecular formula is C7H12N2O3. The van der Waals surface area contributed by atoms with Crippen molar-refractivity contribution in [2.45, 2.75) is 19.9 Å². The molecule has 0 saturated carbocycles. The van der Waals surface area contributed by atoms with Crippen LogP contribution in [0.2, 0.25) is 0 Å². The first-order valence-corrected chi connectivity index (χ1v) is 3.83. The molecule has 1 aliphatic rings. The Kier molecular flexibility index (Phi) is 2.32. The second-order valence-electron chi connectivity index (χ2n) is 2.62. The van der Waals surface area contributed by atoms with Crippen LogP contribution in [0, 0.1) is 0 Å². The zero-order valence-electron chi connectivity index (χ0n) is 7.40. The lowest BCUT2D eigenvalue weighted by Crippen LogP contribution is -2.31. The normalized spacial score (nSPS) is 24.1. The van der Waals surface area contributed by atoms with Gasteiger partial charge in [0.2, 0.25) is 0 Å². The van der Waals surface area contributed by atoms with E-state index in [1.165, 1.54) is 4.90 Å². The van der Waals surface area contributed by atoms with Gasteiger partial charge in [-0.2, -0.15) is 0 Å². The third kappa shape index (κ3) is 1.16. The summed E-state index contributed by atoms with van der Waals surface area (Å²) in [6.45, 7) is 3.71. The highest BCUT2D eigenvalue weighted by Gasteiger charge is 2.41. The number of hydroxylamine groups is 2. The summed E-state index contributed by atoms with van der Waals surface area (Å²) >= 11 is 0. The SMILES string of the molecule is CCON1C(=O)C(C)N(C)C1=O. The average molecular weight is 172 g/mol. The van der Waals surface area contributed by atoms with Crippen molar-refractivity contribution in [1.82, 2.24) is 9.96 Å². The van der Waals surface area contributed by atoms with Gasteiger partial charge >= 0.3 is 6.03 Å². The van der Waals surface area contributed by atoms with Crippen LogP contribution in [0.5, 0.6) is 0 Å². The van der Waals surface area contributed by atoms with E-state index in [-0.39, 0.29) is 5.91 Å². The molecule has 0 aromatic carbocycles. The van der Waals surface area contributed by atoms with Gasteiger partial charge < -0.3 is 4.90 Å². The minimum absolute atomic E-state index is 0.302. The van der Waals surface area contributed by atoms with Crippen LogP contribution in [-0.2, 0) is 9.63 Å². The Morgan fingerprint density at radius 3 is 2.42 bits per heavy atom. The molecular weight excluding hydrogens is 160 g/mol. The summed E-state index contributed by atoms with van der Waals surface area (Å²) in [6, 6.07) is -0.807. The summed E-state index contributed by atoms with van der Waals surface area (Å²) in [7, 11) is 1.57. The first-order chi connectivity index (χ1) is 5.59. The van der Waals surface area contributed by atoms with Crippen molar-refractivity contribution in [2.75, 3.05) is 13.7 Å². The number of hydrogen-bond donors (Lipinski definition) is 0. The topological polar surface area (TPSA) is 49.9 Å². The van der Waals surface area contributed by atoms with Crippen molar-refractivity contribution >= 4 is 11.9 Å². The summed E-state index contributed by atoms with van der Waals surface area (Å²) < 4.78 is 0. The predicted octanol–water partition coefficient (Wildman–Crippen LogP) is 0.220. The lowest BCUT2D eigenvalue weighted by Gasteiger charge is -2.11. The van der Waals surface area contributed by atoms with Gasteiger partial charge in [0.15, 0.2) is 0 Å². The van der Waals surface area contributed by atoms with Gasteiger partial charge in [-0.05, 0) is 13.8 Å². The number of hydrogen-bond acceptors (Lipinski definition) is 3. The van der Waals surface area contributed by atoms with E-state index >= 15 is 0 Å². The number of rotatable bonds is 2. The number of nitrogens with zero attached hydrogens (tertiary/aromatic N) is 2. The van der Waals surface area contributed by atoms with Crippen LogP contribution in [0.25, 0.3) is 0 Å². The monoisotopic (exact) mass is 172 g/mol. The van der Waals surface area contributed by atoms with Crippen LogP contribution in [0.15, 0.2) is 0 Å². The van der Waals surface area contributed by atoms with E-state index in [0.717, 1.165) is 5.06 Å². The van der Waals surface area contributed by atoms with Crippen LogP contribution in [0.3, 0.4) is 0 Å². The van der Waals surface area contributed by atoms with E-state index in [1.54, 1.807) is 20.9 Å². The average Bonchev–Trinajstić information content (AvgIpc) is 2.23. The maximum atomic E-state index is 11.3. The molecule has 0 bridgehead atoms. The molecule has 0 spiro atoms. The number of likely N-dealkylation sites (N-methyl/N-ethyl adjacent to an activating group) is 1. The molecule has 1 aliphatic heterocycles. The molecule has 0 aliphatic carbocycles. The molecule has 0 N–H and O–H groups in total. The van der Waals surface area contributed by atoms with Crippen molar-refractivity contribution < 1.29 is 14.4 Å². The van der Waals surface area contributed by atoms with Crippen molar-refractivity contribution in [3.63, 3.8) is 0 Å². The molecule has 1 saturated heterocycles. The van der Waals surface area contributed by atoms with Gasteiger partial charge in [0.05, 0.1) is 6.61 Å². The van der Waals surface area contributed by atoms with E-state index in [9.17, 15) is 9.59 Å². The molecule has 12 heavy (non-hydrogen) atoms. The Bertz CT molecular complexity index is 197. The number of carbonyl (C=O) groups is 2. The molecule has 1 fully saturated rings. The van der Waals surface area contributed by atoms with Crippen LogP contribution in [0.4, 0.5) is 4.79 Å². The summed E-state index contributed by atoms with van der Waals surface area (Å²) in [4.78, 5) is 28.7. The quantitative estimate of drug-likeness (QED) is 0.560. The van der Waals surface area contributed by atoms with Crippen LogP contribution >= 0.6 is 0 Å². The zero-order chi connectivity index (χ0) is 9.30. The smallest absolute Gasteiger partial charge is 0.314 e. The van der Waals surface area contributed by atoms with E-state index in [1.807, 2.05) is 0 Å². The maximum absolute atomic E-state index is 11.3. The fourth-order valence-corrected chi connectivity index (χ4v) is 0.986. The Balaban J connectivity index is 2.76. The standard InChI is InChI=1S/C7H12N2O3/c1-4-12-9-6(10)5(2)8(3)7(9)11/h5H,4H2,1-3H3. The molecule has 3 amide bonds. The van der Waals surface area contributed by atoms with E-state index in [2.05, 4.69) is 0 Å². The highest BCUT2D eigenvalue weighted by Crippen LogP contribution is 2.14. The lowest BCUT2D eigenvalue weighted by molar-refractivity contribution is -0.161. The number of amides is 3. The summed E-state index contributed by atoms with van der Waals surface area (Å²) in [5, 5.41) is 0.810. The molecule has 5 nitrogen and oxygen atoms in total. The number of imide groups is 1. The molecule has 0 aromatic rings. The molecule has 1 atom stereocenters. The van der Waals surface area contributed by atoms with Crippen molar-refractivity contribution in [3.8, 4) is 0 Å². The minimum Gasteiger partial charge on any atom is -0.314 e. The Morgan fingerprint density at radius 1 is 1.50 bits per heavy atom. The van der Waals surface area contributed by atoms with Crippen molar-refractivity contribution in [1.29, 1.82) is 0 Å². The van der Waals surface area contributed by atoms with E-state index < -0.39 is 12.1 Å². The molecule has 0 radical (unpaired) electrons. The minimum atomic E-state index is -0.413. The van der Waals surface area contributed by atoms with Crippen LogP contribution in [0.1, 0.15) is 13.8 Å². The number of urea groups is 1.